The normalized spacial score (nSPS) is 20.3. The lowest BCUT2D eigenvalue weighted by Gasteiger charge is -2.30. The lowest BCUT2D eigenvalue weighted by atomic mass is 9.91. The van der Waals surface area contributed by atoms with Crippen molar-refractivity contribution in [3.8, 4) is 5.75 Å². The highest BCUT2D eigenvalue weighted by Crippen LogP contribution is 2.28. The van der Waals surface area contributed by atoms with Gasteiger partial charge in [0, 0.05) is 19.1 Å². The minimum Gasteiger partial charge on any atom is -0.491 e. The summed E-state index contributed by atoms with van der Waals surface area (Å²) in [7, 11) is 0. The van der Waals surface area contributed by atoms with Crippen molar-refractivity contribution >= 4 is 18.0 Å². The molecule has 1 fully saturated rings. The van der Waals surface area contributed by atoms with Crippen molar-refractivity contribution in [1.82, 2.24) is 15.5 Å². The van der Waals surface area contributed by atoms with Crippen molar-refractivity contribution in [3.05, 3.63) is 29.3 Å². The Morgan fingerprint density at radius 1 is 1.08 bits per heavy atom. The highest BCUT2D eigenvalue weighted by Gasteiger charge is 2.40. The first-order valence-electron chi connectivity index (χ1n) is 12.1. The van der Waals surface area contributed by atoms with Crippen LogP contribution in [0.25, 0.3) is 0 Å². The van der Waals surface area contributed by atoms with E-state index in [9.17, 15) is 22.8 Å². The van der Waals surface area contributed by atoms with Gasteiger partial charge in [-0.25, -0.2) is 15.7 Å². The Morgan fingerprint density at radius 2 is 1.76 bits per heavy atom. The fourth-order valence-electron chi connectivity index (χ4n) is 4.18. The zero-order valence-electron chi connectivity index (χ0n) is 21.2. The second-order valence-corrected chi connectivity index (χ2v) is 10.1. The van der Waals surface area contributed by atoms with E-state index in [1.54, 1.807) is 37.8 Å². The smallest absolute Gasteiger partial charge is 0.471 e. The van der Waals surface area contributed by atoms with E-state index >= 15 is 0 Å². The number of guanidine groups is 1. The summed E-state index contributed by atoms with van der Waals surface area (Å²) in [6, 6.07) is 4.95. The topological polar surface area (TPSA) is 128 Å². The van der Waals surface area contributed by atoms with Crippen LogP contribution in [0.1, 0.15) is 57.6 Å². The van der Waals surface area contributed by atoms with Gasteiger partial charge in [-0.2, -0.15) is 13.2 Å². The summed E-state index contributed by atoms with van der Waals surface area (Å²) in [4.78, 5) is 34.4. The van der Waals surface area contributed by atoms with E-state index in [-0.39, 0.29) is 44.3 Å². The van der Waals surface area contributed by atoms with Crippen molar-refractivity contribution < 1.29 is 37.1 Å². The highest BCUT2D eigenvalue weighted by atomic mass is 19.4. The lowest BCUT2D eigenvalue weighted by molar-refractivity contribution is -0.172. The van der Waals surface area contributed by atoms with Crippen LogP contribution in [0, 0.1) is 0 Å². The van der Waals surface area contributed by atoms with Gasteiger partial charge >= 0.3 is 18.2 Å². The number of hydrogen-bond acceptors (Lipinski definition) is 7. The number of halogens is 3. The molecule has 1 saturated carbocycles. The van der Waals surface area contributed by atoms with Crippen LogP contribution in [0.15, 0.2) is 23.2 Å². The van der Waals surface area contributed by atoms with Crippen LogP contribution in [0.4, 0.5) is 18.0 Å². The van der Waals surface area contributed by atoms with Crippen LogP contribution in [-0.4, -0.2) is 59.9 Å². The van der Waals surface area contributed by atoms with Gasteiger partial charge in [0.2, 0.25) is 5.96 Å². The number of fused-ring (bicyclic) bond motifs is 1. The van der Waals surface area contributed by atoms with Crippen LogP contribution < -0.4 is 21.3 Å². The molecule has 0 radical (unpaired) electrons. The average molecular weight is 530 g/mol. The zero-order valence-corrected chi connectivity index (χ0v) is 21.2. The van der Waals surface area contributed by atoms with Crippen molar-refractivity contribution in [2.24, 2.45) is 10.9 Å². The molecule has 1 aromatic rings. The van der Waals surface area contributed by atoms with Gasteiger partial charge < -0.3 is 24.5 Å². The van der Waals surface area contributed by atoms with E-state index in [0.29, 0.717) is 31.4 Å². The summed E-state index contributed by atoms with van der Waals surface area (Å²) in [6.45, 7) is 6.32. The molecule has 10 nitrogen and oxygen atoms in total. The highest BCUT2D eigenvalue weighted by molar-refractivity contribution is 5.99. The van der Waals surface area contributed by atoms with Crippen molar-refractivity contribution in [1.29, 1.82) is 0 Å². The maximum absolute atomic E-state index is 13.1. The van der Waals surface area contributed by atoms with Gasteiger partial charge in [0.05, 0.1) is 6.04 Å². The Balaban J connectivity index is 1.67. The number of nitrogens with zero attached hydrogens (tertiary/aromatic N) is 2. The fourth-order valence-corrected chi connectivity index (χ4v) is 4.18. The minimum atomic E-state index is -5.05. The number of carbonyl (C=O) groups excluding carboxylic acids is 2. The second-order valence-electron chi connectivity index (χ2n) is 10.1. The van der Waals surface area contributed by atoms with Gasteiger partial charge in [-0.15, -0.1) is 0 Å². The standard InChI is InChI=1S/C24H34F3N5O5/c1-23(2,3)37-22(34)30-18-7-5-17(6-8-18)29-21(31-20(33)24(25,26)27)32-13-15-4-9-19(12-16(15)14-32)35-10-11-36-28/h4,9,12,17-18H,5-8,10-11,13-14,28H2,1-3H3,(H,30,34)(H,29,31,33). The largest absolute Gasteiger partial charge is 0.491 e. The van der Waals surface area contributed by atoms with Gasteiger partial charge in [-0.1, -0.05) is 6.07 Å². The lowest BCUT2D eigenvalue weighted by Crippen LogP contribution is -2.48. The Labute approximate surface area is 213 Å². The van der Waals surface area contributed by atoms with Crippen molar-refractivity contribution in [2.45, 2.75) is 83.4 Å². The van der Waals surface area contributed by atoms with Crippen molar-refractivity contribution in [2.75, 3.05) is 13.2 Å². The summed E-state index contributed by atoms with van der Waals surface area (Å²) in [5.41, 5.74) is 1.13. The number of ether oxygens (including phenoxy) is 2. The summed E-state index contributed by atoms with van der Waals surface area (Å²) < 4.78 is 50.0. The molecule has 1 aliphatic heterocycles. The number of nitrogens with one attached hydrogen (secondary N) is 2. The molecule has 3 rings (SSSR count). The summed E-state index contributed by atoms with van der Waals surface area (Å²) >= 11 is 0. The van der Waals surface area contributed by atoms with Crippen LogP contribution >= 0.6 is 0 Å². The van der Waals surface area contributed by atoms with E-state index in [4.69, 9.17) is 15.4 Å². The fraction of sp³-hybridized carbons (Fsp3) is 0.625. The molecule has 0 saturated heterocycles. The third-order valence-electron chi connectivity index (χ3n) is 5.87. The first-order chi connectivity index (χ1) is 17.3. The van der Waals surface area contributed by atoms with Gasteiger partial charge in [-0.05, 0) is 69.7 Å². The molecule has 4 N–H and O–H groups in total. The quantitative estimate of drug-likeness (QED) is 0.224. The third kappa shape index (κ3) is 8.78. The predicted molar refractivity (Wildman–Crippen MR) is 128 cm³/mol. The van der Waals surface area contributed by atoms with E-state index in [1.165, 1.54) is 0 Å². The maximum Gasteiger partial charge on any atom is 0.471 e. The molecule has 2 amide bonds. The summed E-state index contributed by atoms with van der Waals surface area (Å²) in [5, 5.41) is 4.79. The Hall–Kier alpha value is -3.06. The molecule has 1 aromatic carbocycles. The van der Waals surface area contributed by atoms with E-state index in [1.807, 2.05) is 11.4 Å². The predicted octanol–water partition coefficient (Wildman–Crippen LogP) is 3.14. The number of carbonyl (C=O) groups is 2. The Bertz CT molecular complexity index is 988. The first kappa shape index (κ1) is 28.5. The maximum atomic E-state index is 13.1. The number of benzene rings is 1. The molecule has 13 heteroatoms. The molecule has 0 unspecified atom stereocenters. The minimum absolute atomic E-state index is 0.117. The monoisotopic (exact) mass is 529 g/mol. The van der Waals surface area contributed by atoms with Gasteiger partial charge in [-0.3, -0.25) is 10.1 Å². The molecule has 1 aliphatic carbocycles. The number of aliphatic imine (C=N–C) groups is 1. The van der Waals surface area contributed by atoms with E-state index < -0.39 is 23.8 Å². The number of hydrogen-bond donors (Lipinski definition) is 3. The van der Waals surface area contributed by atoms with Gasteiger partial charge in [0.15, 0.2) is 0 Å². The Kier molecular flexibility index (Phi) is 9.24. The first-order valence-corrected chi connectivity index (χ1v) is 12.1. The Morgan fingerprint density at radius 3 is 2.38 bits per heavy atom. The number of alkyl carbamates (subject to hydrolysis) is 1. The summed E-state index contributed by atoms with van der Waals surface area (Å²) in [6.07, 6.45) is -3.31. The molecule has 206 valence electrons. The number of amides is 2. The third-order valence-corrected chi connectivity index (χ3v) is 5.87. The molecule has 0 spiro atoms. The van der Waals surface area contributed by atoms with Crippen molar-refractivity contribution in [3.63, 3.8) is 0 Å². The molecular formula is C24H34F3N5O5. The molecule has 1 heterocycles. The van der Waals surface area contributed by atoms with Gasteiger partial charge in [0.1, 0.15) is 24.6 Å². The van der Waals surface area contributed by atoms with Gasteiger partial charge in [0.25, 0.3) is 0 Å². The zero-order chi connectivity index (χ0) is 27.2. The number of nitrogens with two attached hydrogens (primary N) is 1. The van der Waals surface area contributed by atoms with E-state index in [2.05, 4.69) is 15.1 Å². The number of rotatable bonds is 6. The SMILES string of the molecule is CC(C)(C)OC(=O)NC1CCC(N=C(NC(=O)C(F)(F)F)N2Cc3ccc(OCCON)cc3C2)CC1. The average Bonchev–Trinajstić information content (AvgIpc) is 3.21. The second kappa shape index (κ2) is 12.0. The molecule has 0 atom stereocenters. The number of alkyl halides is 3. The molecule has 2 aliphatic rings. The van der Waals surface area contributed by atoms with Crippen LogP contribution in [0.2, 0.25) is 0 Å². The molecular weight excluding hydrogens is 495 g/mol. The molecule has 0 bridgehead atoms. The van der Waals surface area contributed by atoms with Crippen LogP contribution in [-0.2, 0) is 27.5 Å². The van der Waals surface area contributed by atoms with Crippen LogP contribution in [0.3, 0.4) is 0 Å². The molecule has 0 aromatic heterocycles. The van der Waals surface area contributed by atoms with Crippen LogP contribution in [0.5, 0.6) is 5.75 Å². The molecule has 37 heavy (non-hydrogen) atoms. The summed E-state index contributed by atoms with van der Waals surface area (Å²) in [5.74, 6) is 3.37. The van der Waals surface area contributed by atoms with E-state index in [0.717, 1.165) is 11.1 Å².